The van der Waals surface area contributed by atoms with Gasteiger partial charge in [0.25, 0.3) is 15.7 Å². The molecule has 0 spiro atoms. The van der Waals surface area contributed by atoms with Gasteiger partial charge in [-0.3, -0.25) is 10.1 Å². The molecule has 0 radical (unpaired) electrons. The van der Waals surface area contributed by atoms with Crippen LogP contribution in [0.2, 0.25) is 5.15 Å². The van der Waals surface area contributed by atoms with Crippen LogP contribution in [0.5, 0.6) is 0 Å². The molecule has 29 heavy (non-hydrogen) atoms. The van der Waals surface area contributed by atoms with Crippen LogP contribution in [0.4, 0.5) is 11.6 Å². The van der Waals surface area contributed by atoms with Gasteiger partial charge in [-0.2, -0.15) is 0 Å². The highest BCUT2D eigenvalue weighted by Gasteiger charge is 2.20. The molecule has 2 aromatic carbocycles. The van der Waals surface area contributed by atoms with Crippen molar-refractivity contribution >= 4 is 33.3 Å². The van der Waals surface area contributed by atoms with Crippen LogP contribution in [0, 0.1) is 10.1 Å². The maximum absolute atomic E-state index is 12.7. The molecule has 1 heterocycles. The minimum Gasteiger partial charge on any atom is -0.258 e. The number of benzene rings is 2. The Morgan fingerprint density at radius 3 is 2.48 bits per heavy atom. The molecule has 150 valence electrons. The zero-order valence-corrected chi connectivity index (χ0v) is 17.1. The quantitative estimate of drug-likeness (QED) is 0.345. The second-order valence-corrected chi connectivity index (χ2v) is 8.57. The van der Waals surface area contributed by atoms with E-state index in [4.69, 9.17) is 11.6 Å². The Morgan fingerprint density at radius 1 is 1.07 bits per heavy atom. The molecular formula is C19H17ClN4O4S. The number of hydrogen-bond acceptors (Lipinski definition) is 6. The van der Waals surface area contributed by atoms with Crippen LogP contribution in [-0.2, 0) is 10.0 Å². The zero-order chi connectivity index (χ0) is 21.2. The number of aromatic nitrogens is 2. The fourth-order valence-electron chi connectivity index (χ4n) is 2.78. The van der Waals surface area contributed by atoms with Gasteiger partial charge >= 0.3 is 0 Å². The molecule has 10 heteroatoms. The van der Waals surface area contributed by atoms with Gasteiger partial charge in [-0.25, -0.2) is 23.1 Å². The van der Waals surface area contributed by atoms with Crippen LogP contribution in [0.25, 0.3) is 11.3 Å². The van der Waals surface area contributed by atoms with Gasteiger partial charge in [0.1, 0.15) is 5.15 Å². The molecule has 0 bridgehead atoms. The van der Waals surface area contributed by atoms with Crippen molar-refractivity contribution in [1.29, 1.82) is 0 Å². The molecule has 3 aromatic rings. The lowest BCUT2D eigenvalue weighted by Gasteiger charge is -2.13. The number of rotatable bonds is 6. The first-order chi connectivity index (χ1) is 13.7. The Balaban J connectivity index is 2.01. The van der Waals surface area contributed by atoms with E-state index in [2.05, 4.69) is 14.7 Å². The number of nitro groups is 1. The number of nitrogens with one attached hydrogen (secondary N) is 1. The third-order valence-corrected chi connectivity index (χ3v) is 5.64. The average molecular weight is 433 g/mol. The molecule has 0 fully saturated rings. The molecule has 0 aliphatic heterocycles. The lowest BCUT2D eigenvalue weighted by Crippen LogP contribution is -2.15. The second kappa shape index (κ2) is 8.14. The summed E-state index contributed by atoms with van der Waals surface area (Å²) in [5, 5.41) is 11.0. The van der Waals surface area contributed by atoms with Crippen molar-refractivity contribution < 1.29 is 13.3 Å². The summed E-state index contributed by atoms with van der Waals surface area (Å²) in [7, 11) is -4.15. The van der Waals surface area contributed by atoms with Gasteiger partial charge in [-0.1, -0.05) is 55.8 Å². The van der Waals surface area contributed by atoms with Gasteiger partial charge in [0.2, 0.25) is 5.95 Å². The molecule has 0 unspecified atom stereocenters. The minimum atomic E-state index is -4.15. The van der Waals surface area contributed by atoms with Crippen LogP contribution in [0.1, 0.15) is 25.3 Å². The Bertz CT molecular complexity index is 1180. The smallest absolute Gasteiger partial charge is 0.258 e. The van der Waals surface area contributed by atoms with Crippen molar-refractivity contribution in [2.75, 3.05) is 4.72 Å². The van der Waals surface area contributed by atoms with Gasteiger partial charge in [0.05, 0.1) is 15.5 Å². The van der Waals surface area contributed by atoms with E-state index in [9.17, 15) is 18.5 Å². The summed E-state index contributed by atoms with van der Waals surface area (Å²) in [6.07, 6.45) is 0. The Labute approximate surface area is 172 Å². The molecule has 3 rings (SSSR count). The summed E-state index contributed by atoms with van der Waals surface area (Å²) < 4.78 is 27.6. The normalized spacial score (nSPS) is 11.4. The standard InChI is InChI=1S/C19H17ClN4O4S/c1-12(2)15-8-3-4-9-16(15)17-11-18(20)22-19(21-17)23-29(27,28)14-7-5-6-13(10-14)24(25)26/h3-12H,1-2H3,(H,21,22,23). The third kappa shape index (κ3) is 4.69. The van der Waals surface area contributed by atoms with Crippen molar-refractivity contribution in [2.24, 2.45) is 0 Å². The topological polar surface area (TPSA) is 115 Å². The Kier molecular flexibility index (Phi) is 5.81. The molecule has 0 amide bonds. The number of anilines is 1. The van der Waals surface area contributed by atoms with E-state index in [1.54, 1.807) is 6.07 Å². The van der Waals surface area contributed by atoms with Crippen molar-refractivity contribution in [1.82, 2.24) is 9.97 Å². The van der Waals surface area contributed by atoms with E-state index in [1.807, 2.05) is 38.1 Å². The fourth-order valence-corrected chi connectivity index (χ4v) is 3.94. The predicted octanol–water partition coefficient (Wildman–Crippen LogP) is 4.63. The van der Waals surface area contributed by atoms with Crippen molar-refractivity contribution in [3.8, 4) is 11.3 Å². The molecule has 0 saturated heterocycles. The van der Waals surface area contributed by atoms with E-state index in [0.717, 1.165) is 17.2 Å². The molecule has 1 N–H and O–H groups in total. The molecule has 0 atom stereocenters. The molecule has 0 saturated carbocycles. The predicted molar refractivity (Wildman–Crippen MR) is 110 cm³/mol. The lowest BCUT2D eigenvalue weighted by molar-refractivity contribution is -0.385. The van der Waals surface area contributed by atoms with Crippen molar-refractivity contribution in [2.45, 2.75) is 24.7 Å². The fraction of sp³-hybridized carbons (Fsp3) is 0.158. The third-order valence-electron chi connectivity index (χ3n) is 4.12. The summed E-state index contributed by atoms with van der Waals surface area (Å²) >= 11 is 6.10. The van der Waals surface area contributed by atoms with Crippen LogP contribution in [0.15, 0.2) is 59.5 Å². The summed E-state index contributed by atoms with van der Waals surface area (Å²) in [5.74, 6) is -0.0116. The number of nitrogens with zero attached hydrogens (tertiary/aromatic N) is 3. The van der Waals surface area contributed by atoms with Gasteiger partial charge in [-0.05, 0) is 17.5 Å². The van der Waals surface area contributed by atoms with Crippen molar-refractivity contribution in [3.63, 3.8) is 0 Å². The highest BCUT2D eigenvalue weighted by atomic mass is 35.5. The molecule has 8 nitrogen and oxygen atoms in total. The van der Waals surface area contributed by atoms with Gasteiger partial charge in [0.15, 0.2) is 0 Å². The zero-order valence-electron chi connectivity index (χ0n) is 15.5. The van der Waals surface area contributed by atoms with E-state index in [1.165, 1.54) is 18.2 Å². The van der Waals surface area contributed by atoms with Gasteiger partial charge in [0, 0.05) is 23.8 Å². The first-order valence-electron chi connectivity index (χ1n) is 8.58. The number of sulfonamides is 1. The lowest BCUT2D eigenvalue weighted by atomic mass is 9.95. The molecular weight excluding hydrogens is 416 g/mol. The van der Waals surface area contributed by atoms with Crippen molar-refractivity contribution in [3.05, 3.63) is 75.4 Å². The monoisotopic (exact) mass is 432 g/mol. The number of halogens is 1. The van der Waals surface area contributed by atoms with Gasteiger partial charge in [-0.15, -0.1) is 0 Å². The maximum atomic E-state index is 12.7. The number of hydrogen-bond donors (Lipinski definition) is 1. The highest BCUT2D eigenvalue weighted by Crippen LogP contribution is 2.30. The second-order valence-electron chi connectivity index (χ2n) is 6.50. The first kappa shape index (κ1) is 20.7. The molecule has 0 aliphatic carbocycles. The van der Waals surface area contributed by atoms with Crippen LogP contribution < -0.4 is 4.72 Å². The summed E-state index contributed by atoms with van der Waals surface area (Å²) in [5.41, 5.74) is 1.95. The molecule has 1 aromatic heterocycles. The van der Waals surface area contributed by atoms with E-state index in [0.29, 0.717) is 5.69 Å². The van der Waals surface area contributed by atoms with Crippen LogP contribution >= 0.6 is 11.6 Å². The SMILES string of the molecule is CC(C)c1ccccc1-c1cc(Cl)nc(NS(=O)(=O)c2cccc([N+](=O)[O-])c2)n1. The summed E-state index contributed by atoms with van der Waals surface area (Å²) in [6.45, 7) is 4.07. The van der Waals surface area contributed by atoms with Crippen LogP contribution in [0.3, 0.4) is 0 Å². The summed E-state index contributed by atoms with van der Waals surface area (Å²) in [6, 6.07) is 13.8. The Morgan fingerprint density at radius 2 is 1.79 bits per heavy atom. The first-order valence-corrected chi connectivity index (χ1v) is 10.4. The number of non-ortho nitro benzene ring substituents is 1. The summed E-state index contributed by atoms with van der Waals surface area (Å²) in [4.78, 5) is 18.2. The minimum absolute atomic E-state index is 0.0605. The highest BCUT2D eigenvalue weighted by molar-refractivity contribution is 7.92. The number of nitro benzene ring substituents is 1. The maximum Gasteiger partial charge on any atom is 0.270 e. The Hall–Kier alpha value is -3.04. The van der Waals surface area contributed by atoms with E-state index >= 15 is 0 Å². The molecule has 0 aliphatic rings. The van der Waals surface area contributed by atoms with Crippen LogP contribution in [-0.4, -0.2) is 23.3 Å². The average Bonchev–Trinajstić information content (AvgIpc) is 2.67. The largest absolute Gasteiger partial charge is 0.270 e. The van der Waals surface area contributed by atoms with Gasteiger partial charge < -0.3 is 0 Å². The van der Waals surface area contributed by atoms with E-state index in [-0.39, 0.29) is 27.6 Å². The van der Waals surface area contributed by atoms with E-state index < -0.39 is 14.9 Å².